The number of hydrogen-bond acceptors (Lipinski definition) is 0. The molecule has 0 fully saturated rings. The minimum Gasteiger partial charge on any atom is -0.239 e. The summed E-state index contributed by atoms with van der Waals surface area (Å²) in [6.07, 6.45) is -25.5. The number of halogens is 16. The van der Waals surface area contributed by atoms with Crippen molar-refractivity contribution in [3.05, 3.63) is 90.3 Å². The van der Waals surface area contributed by atoms with E-state index in [4.69, 9.17) is 0 Å². The highest BCUT2D eigenvalue weighted by molar-refractivity contribution is 7.05. The highest BCUT2D eigenvalue weighted by Gasteiger charge is 2.70. The Hall–Kier alpha value is -2.27. The number of rotatable bonds is 8. The van der Waals surface area contributed by atoms with Crippen LogP contribution in [-0.4, -0.2) is 86.8 Å². The maximum atomic E-state index is 18.0. The van der Waals surface area contributed by atoms with Crippen molar-refractivity contribution in [3.63, 3.8) is 0 Å². The molecule has 4 atom stereocenters. The van der Waals surface area contributed by atoms with Crippen molar-refractivity contribution < 1.29 is 70.2 Å². The van der Waals surface area contributed by atoms with Crippen LogP contribution in [0, 0.1) is 0 Å². The zero-order valence-electron chi connectivity index (χ0n) is 43.2. The Labute approximate surface area is 401 Å². The second-order valence-corrected chi connectivity index (χ2v) is 46.9. The Balaban J connectivity index is 2.67. The lowest BCUT2D eigenvalue weighted by Crippen LogP contribution is -2.66. The van der Waals surface area contributed by atoms with Crippen molar-refractivity contribution >= 4 is 38.4 Å². The molecule has 0 nitrogen and oxygen atoms in total. The molecule has 0 aromatic carbocycles. The van der Waals surface area contributed by atoms with Crippen molar-refractivity contribution in [2.24, 2.45) is 0 Å². The second kappa shape index (κ2) is 16.9. The summed E-state index contributed by atoms with van der Waals surface area (Å²) < 4.78 is 282. The van der Waals surface area contributed by atoms with Gasteiger partial charge in [0.1, 0.15) is 6.15 Å². The van der Waals surface area contributed by atoms with E-state index in [2.05, 4.69) is 0 Å². The molecule has 0 amide bonds. The van der Waals surface area contributed by atoms with Gasteiger partial charge < -0.3 is 0 Å². The van der Waals surface area contributed by atoms with E-state index < -0.39 is 173 Å². The van der Waals surface area contributed by atoms with Crippen LogP contribution in [0.2, 0.25) is 72.5 Å². The second-order valence-electron chi connectivity index (χ2n) is 25.8. The first-order valence-electron chi connectivity index (χ1n) is 22.9. The number of allylic oxidation sites excluding steroid dienone is 16. The molecule has 0 saturated carbocycles. The van der Waals surface area contributed by atoms with Gasteiger partial charge in [0.15, 0.2) is 24.7 Å². The van der Waals surface area contributed by atoms with Crippen LogP contribution in [0.3, 0.4) is 0 Å². The molecule has 0 spiro atoms. The normalized spacial score (nSPS) is 27.5. The molecule has 392 valence electrons. The lowest BCUT2D eigenvalue weighted by molar-refractivity contribution is -0.0249. The largest absolute Gasteiger partial charge is 0.297 e. The zero-order valence-corrected chi connectivity index (χ0v) is 47.2. The fraction of sp³-hybridized carbons (Fsp3) is 0.667. The molecule has 0 aromatic heterocycles. The molecule has 4 aliphatic carbocycles. The van der Waals surface area contributed by atoms with Gasteiger partial charge in [-0.25, -0.2) is 35.1 Å². The van der Waals surface area contributed by atoms with E-state index in [1.807, 2.05) is 0 Å². The summed E-state index contributed by atoms with van der Waals surface area (Å²) in [6.45, 7) is 26.7. The first kappa shape index (κ1) is 59.3. The maximum Gasteiger partial charge on any atom is 0.297 e. The third-order valence-corrected chi connectivity index (χ3v) is 40.3. The molecule has 0 N–H and O–H groups in total. The van der Waals surface area contributed by atoms with Gasteiger partial charge in [0.25, 0.3) is 23.7 Å². The molecule has 69 heavy (non-hydrogen) atoms. The Kier molecular flexibility index (Phi) is 14.5. The molecule has 0 heterocycles. The first-order valence-corrected chi connectivity index (χ1v) is 34.9. The van der Waals surface area contributed by atoms with E-state index in [1.54, 1.807) is 0 Å². The van der Waals surface area contributed by atoms with E-state index in [0.29, 0.717) is 0 Å². The Morgan fingerprint density at radius 3 is 0.580 bits per heavy atom. The van der Waals surface area contributed by atoms with Gasteiger partial charge in [-0.3, -0.25) is 0 Å². The standard InChI is InChI=1S/C48H68BF16Si4/c1-41(2,3)66(13,14)29-21-25(50)33(37(54)45(29,58)59)49(34-26(51)22-30(46(60,61)38(34)55)67(15,16)42(4,5)6,35-27(52)23-31(47(62,63)39(35)56)68(17,18)43(7,8)9)36-28(53)24-32(48(64,65)40(36)57)69(19,20)44(10,11)12/h21-24,37-40H,1-20H3/q-1. The fourth-order valence-electron chi connectivity index (χ4n) is 9.75. The van der Waals surface area contributed by atoms with Gasteiger partial charge in [0.05, 0.1) is 55.6 Å². The molecular formula is C48H68BF16Si4-. The Morgan fingerprint density at radius 1 is 0.333 bits per heavy atom. The summed E-state index contributed by atoms with van der Waals surface area (Å²) in [5.41, 5.74) is -11.0. The minimum atomic E-state index is -6.61. The van der Waals surface area contributed by atoms with E-state index in [1.165, 1.54) is 135 Å². The van der Waals surface area contributed by atoms with Crippen LogP contribution >= 0.6 is 0 Å². The van der Waals surface area contributed by atoms with Crippen LogP contribution in [0.5, 0.6) is 0 Å². The van der Waals surface area contributed by atoms with E-state index in [-0.39, 0.29) is 24.3 Å². The summed E-state index contributed by atoms with van der Waals surface area (Å²) in [5.74, 6) is -31.0. The van der Waals surface area contributed by atoms with Crippen LogP contribution in [0.1, 0.15) is 83.1 Å². The Morgan fingerprint density at radius 2 is 0.464 bits per heavy atom. The molecule has 4 aliphatic rings. The predicted octanol–water partition coefficient (Wildman–Crippen LogP) is 18.3. The van der Waals surface area contributed by atoms with E-state index >= 15 is 70.2 Å². The van der Waals surface area contributed by atoms with Crippen molar-refractivity contribution in [3.8, 4) is 0 Å². The molecule has 0 aromatic rings. The first-order chi connectivity index (χ1) is 30.2. The van der Waals surface area contributed by atoms with Gasteiger partial charge in [-0.2, -0.15) is 35.1 Å². The average molecular weight is 1070 g/mol. The average Bonchev–Trinajstić information content (AvgIpc) is 3.12. The predicted molar refractivity (Wildman–Crippen MR) is 259 cm³/mol. The van der Waals surface area contributed by atoms with Gasteiger partial charge in [-0.1, -0.05) is 135 Å². The third-order valence-electron chi connectivity index (χ3n) is 18.0. The number of hydrogen-bond donors (Lipinski definition) is 0. The number of alkyl halides is 12. The quantitative estimate of drug-likeness (QED) is 0.168. The van der Waals surface area contributed by atoms with E-state index in [0.717, 1.165) is 0 Å². The van der Waals surface area contributed by atoms with Gasteiger partial charge in [0, 0.05) is 0 Å². The molecule has 0 bridgehead atoms. The summed E-state index contributed by atoms with van der Waals surface area (Å²) in [6, 6.07) is 0. The molecule has 0 saturated heterocycles. The van der Waals surface area contributed by atoms with Crippen LogP contribution in [0.15, 0.2) is 90.3 Å². The van der Waals surface area contributed by atoms with Crippen molar-refractivity contribution in [2.75, 3.05) is 0 Å². The topological polar surface area (TPSA) is 0 Å². The third kappa shape index (κ3) is 8.45. The van der Waals surface area contributed by atoms with Crippen molar-refractivity contribution in [2.45, 2.75) is 204 Å². The molecule has 0 radical (unpaired) electrons. The Bertz CT molecular complexity index is 2070. The van der Waals surface area contributed by atoms with Gasteiger partial charge in [-0.05, 0) is 65.2 Å². The lowest BCUT2D eigenvalue weighted by Gasteiger charge is -2.59. The summed E-state index contributed by atoms with van der Waals surface area (Å²) in [4.78, 5) is 0. The van der Waals surface area contributed by atoms with Crippen LogP contribution in [0.25, 0.3) is 0 Å². The summed E-state index contributed by atoms with van der Waals surface area (Å²) in [7, 11) is -15.9. The van der Waals surface area contributed by atoms with Gasteiger partial charge in [0.2, 0.25) is 0 Å². The van der Waals surface area contributed by atoms with Crippen LogP contribution in [0.4, 0.5) is 70.2 Å². The van der Waals surface area contributed by atoms with Gasteiger partial charge in [-0.15, -0.1) is 21.9 Å². The minimum absolute atomic E-state index is 0.115. The van der Waals surface area contributed by atoms with Gasteiger partial charge >= 0.3 is 0 Å². The lowest BCUT2D eigenvalue weighted by atomic mass is 9.08. The van der Waals surface area contributed by atoms with Crippen molar-refractivity contribution in [1.82, 2.24) is 0 Å². The molecular weight excluding hydrogens is 1000 g/mol. The van der Waals surface area contributed by atoms with Crippen LogP contribution < -0.4 is 0 Å². The highest BCUT2D eigenvalue weighted by Crippen LogP contribution is 2.65. The van der Waals surface area contributed by atoms with Crippen LogP contribution in [-0.2, 0) is 0 Å². The smallest absolute Gasteiger partial charge is 0.239 e. The molecule has 21 heteroatoms. The fourth-order valence-corrected chi connectivity index (χ4v) is 18.8. The molecule has 4 rings (SSSR count). The molecule has 4 unspecified atom stereocenters. The molecule has 0 aliphatic heterocycles. The maximum absolute atomic E-state index is 18.0. The highest BCUT2D eigenvalue weighted by atomic mass is 28.3. The van der Waals surface area contributed by atoms with E-state index in [9.17, 15) is 0 Å². The zero-order chi connectivity index (χ0) is 54.6. The monoisotopic (exact) mass is 1070 g/mol. The summed E-state index contributed by atoms with van der Waals surface area (Å²) >= 11 is 0. The SMILES string of the molecule is CC(C)(C)[Si](C)(C)C1=CC(F)=C([B-](C2=C(F)C=C([Si](C)(C)C(C)(C)C)C(F)(F)C2F)(C2=C(F)C=C([Si](C)(C)C(C)(C)C)C(F)(F)C2F)C2=C(F)C=C([Si](C)(C)C(C)(C)C)C(F)(F)C2F)C(F)C1(F)F. The summed E-state index contributed by atoms with van der Waals surface area (Å²) in [5, 5.41) is -10.3. The van der Waals surface area contributed by atoms with Crippen molar-refractivity contribution in [1.29, 1.82) is 0 Å².